The Morgan fingerprint density at radius 1 is 1.24 bits per heavy atom. The minimum Gasteiger partial charge on any atom is -0.489 e. The number of ether oxygens (including phenoxy) is 2. The first-order valence-corrected chi connectivity index (χ1v) is 8.75. The maximum absolute atomic E-state index is 12.1. The number of halogens is 1. The Labute approximate surface area is 160 Å². The van der Waals surface area contributed by atoms with Crippen LogP contribution in [-0.2, 0) is 9.53 Å². The number of aliphatic imine (C=N–C) groups is 1. The number of benzene rings is 2. The number of carbonyl (C=O) groups excluding carboxylic acids is 1. The van der Waals surface area contributed by atoms with Gasteiger partial charge in [-0.25, -0.2) is 9.79 Å². The lowest BCUT2D eigenvalue weighted by Crippen LogP contribution is -2.05. The fraction of sp³-hybridized carbons (Fsp3) is 0.100. The Balaban J connectivity index is 1.89. The predicted octanol–water partition coefficient (Wildman–Crippen LogP) is 4.59. The van der Waals surface area contributed by atoms with E-state index in [0.29, 0.717) is 18.3 Å². The molecule has 0 aliphatic carbocycles. The minimum atomic E-state index is -0.469. The van der Waals surface area contributed by atoms with E-state index in [1.54, 1.807) is 6.08 Å². The standard InChI is InChI=1S/C20H16INO3/c1-13(2)12-24-18-6-4-3-5-15(18)11-17-20(23)25-19(22-17)14-7-9-16(21)10-8-14/h3-11H,1,12H2,2H3/b17-11+. The Bertz CT molecular complexity index is 882. The lowest BCUT2D eigenvalue weighted by atomic mass is 10.1. The van der Waals surface area contributed by atoms with Crippen LogP contribution < -0.4 is 4.74 Å². The lowest BCUT2D eigenvalue weighted by Gasteiger charge is -2.08. The Kier molecular flexibility index (Phi) is 5.33. The van der Waals surface area contributed by atoms with E-state index in [1.807, 2.05) is 55.5 Å². The van der Waals surface area contributed by atoms with Crippen LogP contribution in [0.3, 0.4) is 0 Å². The van der Waals surface area contributed by atoms with E-state index in [0.717, 1.165) is 20.3 Å². The van der Waals surface area contributed by atoms with Crippen LogP contribution in [0, 0.1) is 3.57 Å². The average molecular weight is 445 g/mol. The number of rotatable bonds is 5. The molecule has 5 heteroatoms. The second-order valence-corrected chi connectivity index (χ2v) is 6.87. The summed E-state index contributed by atoms with van der Waals surface area (Å²) in [6.07, 6.45) is 1.68. The van der Waals surface area contributed by atoms with Crippen molar-refractivity contribution in [2.75, 3.05) is 6.61 Å². The van der Waals surface area contributed by atoms with Crippen LogP contribution in [0.15, 0.2) is 71.4 Å². The molecule has 4 nitrogen and oxygen atoms in total. The summed E-state index contributed by atoms with van der Waals surface area (Å²) >= 11 is 2.22. The molecule has 2 aromatic rings. The molecule has 1 aliphatic rings. The van der Waals surface area contributed by atoms with Gasteiger partial charge in [-0.1, -0.05) is 24.8 Å². The maximum Gasteiger partial charge on any atom is 0.363 e. The summed E-state index contributed by atoms with van der Waals surface area (Å²) in [5.74, 6) is 0.514. The van der Waals surface area contributed by atoms with Gasteiger partial charge in [0.05, 0.1) is 0 Å². The SMILES string of the molecule is C=C(C)COc1ccccc1/C=C1/N=C(c2ccc(I)cc2)OC1=O. The monoisotopic (exact) mass is 445 g/mol. The van der Waals surface area contributed by atoms with Crippen molar-refractivity contribution in [3.63, 3.8) is 0 Å². The van der Waals surface area contributed by atoms with E-state index in [9.17, 15) is 4.79 Å². The van der Waals surface area contributed by atoms with Gasteiger partial charge < -0.3 is 9.47 Å². The summed E-state index contributed by atoms with van der Waals surface area (Å²) in [7, 11) is 0. The molecule has 1 heterocycles. The minimum absolute atomic E-state index is 0.250. The molecule has 0 bridgehead atoms. The predicted molar refractivity (Wildman–Crippen MR) is 107 cm³/mol. The van der Waals surface area contributed by atoms with Crippen LogP contribution in [0.1, 0.15) is 18.1 Å². The van der Waals surface area contributed by atoms with Gasteiger partial charge in [-0.05, 0) is 71.5 Å². The highest BCUT2D eigenvalue weighted by molar-refractivity contribution is 14.1. The highest BCUT2D eigenvalue weighted by Gasteiger charge is 2.24. The molecule has 0 fully saturated rings. The largest absolute Gasteiger partial charge is 0.489 e. The summed E-state index contributed by atoms with van der Waals surface area (Å²) < 4.78 is 12.1. The zero-order chi connectivity index (χ0) is 17.8. The van der Waals surface area contributed by atoms with Gasteiger partial charge in [0.1, 0.15) is 12.4 Å². The van der Waals surface area contributed by atoms with Gasteiger partial charge in [0, 0.05) is 14.7 Å². The van der Waals surface area contributed by atoms with Crippen molar-refractivity contribution in [1.82, 2.24) is 0 Å². The number of para-hydroxylation sites is 1. The lowest BCUT2D eigenvalue weighted by molar-refractivity contribution is -0.129. The molecule has 0 aromatic heterocycles. The quantitative estimate of drug-likeness (QED) is 0.293. The van der Waals surface area contributed by atoms with E-state index in [4.69, 9.17) is 9.47 Å². The van der Waals surface area contributed by atoms with Crippen molar-refractivity contribution in [3.05, 3.63) is 81.1 Å². The third-order valence-corrected chi connectivity index (χ3v) is 4.12. The molecule has 0 saturated heterocycles. The molecule has 1 aliphatic heterocycles. The molecule has 0 N–H and O–H groups in total. The summed E-state index contributed by atoms with van der Waals surface area (Å²) in [4.78, 5) is 16.5. The van der Waals surface area contributed by atoms with Crippen molar-refractivity contribution in [3.8, 4) is 5.75 Å². The van der Waals surface area contributed by atoms with Gasteiger partial charge in [-0.3, -0.25) is 0 Å². The van der Waals surface area contributed by atoms with E-state index in [-0.39, 0.29) is 5.70 Å². The first kappa shape index (κ1) is 17.4. The summed E-state index contributed by atoms with van der Waals surface area (Å²) in [6, 6.07) is 15.1. The zero-order valence-electron chi connectivity index (χ0n) is 13.7. The number of cyclic esters (lactones) is 1. The molecule has 25 heavy (non-hydrogen) atoms. The number of carbonyl (C=O) groups is 1. The van der Waals surface area contributed by atoms with Crippen molar-refractivity contribution in [1.29, 1.82) is 0 Å². The van der Waals surface area contributed by atoms with Crippen molar-refractivity contribution < 1.29 is 14.3 Å². The van der Waals surface area contributed by atoms with Gasteiger partial charge in [0.15, 0.2) is 5.70 Å². The molecular formula is C20H16INO3. The van der Waals surface area contributed by atoms with Gasteiger partial charge >= 0.3 is 5.97 Å². The fourth-order valence-electron chi connectivity index (χ4n) is 2.20. The second-order valence-electron chi connectivity index (χ2n) is 5.63. The number of hydrogen-bond donors (Lipinski definition) is 0. The van der Waals surface area contributed by atoms with Crippen LogP contribution in [0.4, 0.5) is 0 Å². The van der Waals surface area contributed by atoms with Gasteiger partial charge in [0.25, 0.3) is 0 Å². The first-order chi connectivity index (χ1) is 12.0. The fourth-order valence-corrected chi connectivity index (χ4v) is 2.56. The molecule has 0 atom stereocenters. The summed E-state index contributed by atoms with van der Waals surface area (Å²) in [5, 5.41) is 0. The normalized spacial score (nSPS) is 15.0. The molecule has 0 amide bonds. The van der Waals surface area contributed by atoms with Crippen LogP contribution in [0.25, 0.3) is 6.08 Å². The third-order valence-electron chi connectivity index (χ3n) is 3.40. The third kappa shape index (κ3) is 4.36. The van der Waals surface area contributed by atoms with Gasteiger partial charge in [-0.2, -0.15) is 0 Å². The topological polar surface area (TPSA) is 47.9 Å². The Morgan fingerprint density at radius 3 is 2.68 bits per heavy atom. The highest BCUT2D eigenvalue weighted by Crippen LogP contribution is 2.25. The van der Waals surface area contributed by atoms with E-state index < -0.39 is 5.97 Å². The smallest absolute Gasteiger partial charge is 0.363 e. The first-order valence-electron chi connectivity index (χ1n) is 7.67. The Hall–Kier alpha value is -2.41. The molecule has 0 saturated carbocycles. The molecule has 0 unspecified atom stereocenters. The van der Waals surface area contributed by atoms with E-state index >= 15 is 0 Å². The van der Waals surface area contributed by atoms with Crippen molar-refractivity contribution in [2.24, 2.45) is 4.99 Å². The molecular weight excluding hydrogens is 429 g/mol. The maximum atomic E-state index is 12.1. The zero-order valence-corrected chi connectivity index (χ0v) is 15.8. The van der Waals surface area contributed by atoms with E-state index in [2.05, 4.69) is 34.2 Å². The van der Waals surface area contributed by atoms with Crippen LogP contribution in [0.5, 0.6) is 5.75 Å². The van der Waals surface area contributed by atoms with Crippen LogP contribution in [-0.4, -0.2) is 18.5 Å². The highest BCUT2D eigenvalue weighted by atomic mass is 127. The molecule has 0 spiro atoms. The number of esters is 1. The number of nitrogens with zero attached hydrogens (tertiary/aromatic N) is 1. The van der Waals surface area contributed by atoms with Crippen LogP contribution in [0.2, 0.25) is 0 Å². The van der Waals surface area contributed by atoms with Crippen LogP contribution >= 0.6 is 22.6 Å². The van der Waals surface area contributed by atoms with Gasteiger partial charge in [-0.15, -0.1) is 0 Å². The molecule has 126 valence electrons. The number of hydrogen-bond acceptors (Lipinski definition) is 4. The van der Waals surface area contributed by atoms with Gasteiger partial charge in [0.2, 0.25) is 5.90 Å². The van der Waals surface area contributed by atoms with Crippen molar-refractivity contribution >= 4 is 40.5 Å². The summed E-state index contributed by atoms with van der Waals surface area (Å²) in [5.41, 5.74) is 2.70. The van der Waals surface area contributed by atoms with E-state index in [1.165, 1.54) is 0 Å². The molecule has 3 rings (SSSR count). The molecule has 0 radical (unpaired) electrons. The van der Waals surface area contributed by atoms with Crippen molar-refractivity contribution in [2.45, 2.75) is 6.92 Å². The Morgan fingerprint density at radius 2 is 1.96 bits per heavy atom. The summed E-state index contributed by atoms with van der Waals surface area (Å²) in [6.45, 7) is 6.14. The average Bonchev–Trinajstić information content (AvgIpc) is 2.95. The molecule has 2 aromatic carbocycles. The second kappa shape index (κ2) is 7.65.